The van der Waals surface area contributed by atoms with Gasteiger partial charge in [0, 0.05) is 0 Å². The van der Waals surface area contributed by atoms with E-state index < -0.39 is 23.7 Å². The van der Waals surface area contributed by atoms with E-state index in [9.17, 15) is 18.0 Å². The highest BCUT2D eigenvalue weighted by atomic mass is 19.3. The van der Waals surface area contributed by atoms with Crippen LogP contribution in [0.3, 0.4) is 0 Å². The van der Waals surface area contributed by atoms with Gasteiger partial charge in [-0.1, -0.05) is 0 Å². The Kier molecular flexibility index (Phi) is 2.73. The monoisotopic (exact) mass is 204 g/mol. The van der Waals surface area contributed by atoms with E-state index >= 15 is 0 Å². The van der Waals surface area contributed by atoms with Gasteiger partial charge in [-0.15, -0.1) is 0 Å². The van der Waals surface area contributed by atoms with Crippen LogP contribution in [0.2, 0.25) is 0 Å². The zero-order valence-corrected chi connectivity index (χ0v) is 7.22. The molecule has 0 bridgehead atoms. The summed E-state index contributed by atoms with van der Waals surface area (Å²) in [6.07, 6.45) is -2.99. The molecule has 0 radical (unpaired) electrons. The summed E-state index contributed by atoms with van der Waals surface area (Å²) < 4.78 is 37.5. The van der Waals surface area contributed by atoms with Gasteiger partial charge in [-0.2, -0.15) is 0 Å². The fourth-order valence-electron chi connectivity index (χ4n) is 0.967. The summed E-state index contributed by atoms with van der Waals surface area (Å²) in [5, 5.41) is 0. The maximum atomic E-state index is 13.0. The molecule has 14 heavy (non-hydrogen) atoms. The van der Waals surface area contributed by atoms with Gasteiger partial charge in [0.15, 0.2) is 5.82 Å². The Morgan fingerprint density at radius 1 is 1.57 bits per heavy atom. The lowest BCUT2D eigenvalue weighted by Crippen LogP contribution is -2.15. The van der Waals surface area contributed by atoms with E-state index in [4.69, 9.17) is 5.73 Å². The number of carbonyl (C=O) groups is 1. The van der Waals surface area contributed by atoms with E-state index in [2.05, 4.69) is 4.98 Å². The molecule has 1 amide bonds. The van der Waals surface area contributed by atoms with Crippen molar-refractivity contribution in [2.45, 2.75) is 13.3 Å². The molecule has 1 aromatic heterocycles. The largest absolute Gasteiger partial charge is 0.364 e. The molecule has 1 rings (SSSR count). The van der Waals surface area contributed by atoms with Crippen molar-refractivity contribution >= 4 is 5.91 Å². The van der Waals surface area contributed by atoms with Crippen molar-refractivity contribution < 1.29 is 18.0 Å². The molecule has 0 unspecified atom stereocenters. The minimum atomic E-state index is -2.99. The van der Waals surface area contributed by atoms with E-state index in [1.54, 1.807) is 0 Å². The number of alkyl halides is 2. The SMILES string of the molecule is Cc1nc(C(N)=O)cc(C(F)F)c1F. The van der Waals surface area contributed by atoms with Crippen molar-refractivity contribution in [1.29, 1.82) is 0 Å². The predicted molar refractivity (Wildman–Crippen MR) is 42.4 cm³/mol. The van der Waals surface area contributed by atoms with Gasteiger partial charge in [0.25, 0.3) is 12.3 Å². The highest BCUT2D eigenvalue weighted by Crippen LogP contribution is 2.23. The van der Waals surface area contributed by atoms with Crippen LogP contribution in [0.5, 0.6) is 0 Å². The van der Waals surface area contributed by atoms with Crippen LogP contribution in [-0.2, 0) is 0 Å². The second kappa shape index (κ2) is 3.65. The summed E-state index contributed by atoms with van der Waals surface area (Å²) in [6, 6.07) is 0.662. The quantitative estimate of drug-likeness (QED) is 0.794. The minimum Gasteiger partial charge on any atom is -0.364 e. The van der Waals surface area contributed by atoms with Crippen LogP contribution in [0.4, 0.5) is 13.2 Å². The normalized spacial score (nSPS) is 10.6. The highest BCUT2D eigenvalue weighted by molar-refractivity contribution is 5.90. The van der Waals surface area contributed by atoms with Gasteiger partial charge in [0.1, 0.15) is 5.69 Å². The third-order valence-electron chi connectivity index (χ3n) is 1.64. The number of carbonyl (C=O) groups excluding carboxylic acids is 1. The van der Waals surface area contributed by atoms with Crippen LogP contribution in [0.1, 0.15) is 28.2 Å². The van der Waals surface area contributed by atoms with Crippen molar-refractivity contribution in [1.82, 2.24) is 4.98 Å². The van der Waals surface area contributed by atoms with Crippen molar-refractivity contribution in [3.63, 3.8) is 0 Å². The Hall–Kier alpha value is -1.59. The molecule has 0 fully saturated rings. The average molecular weight is 204 g/mol. The van der Waals surface area contributed by atoms with Crippen LogP contribution >= 0.6 is 0 Å². The second-order valence-corrected chi connectivity index (χ2v) is 2.66. The van der Waals surface area contributed by atoms with Gasteiger partial charge >= 0.3 is 0 Å². The molecule has 0 spiro atoms. The summed E-state index contributed by atoms with van der Waals surface area (Å²) in [5.74, 6) is -2.07. The van der Waals surface area contributed by atoms with Crippen LogP contribution in [0.25, 0.3) is 0 Å². The zero-order chi connectivity index (χ0) is 10.9. The van der Waals surface area contributed by atoms with Gasteiger partial charge in [-0.25, -0.2) is 18.2 Å². The van der Waals surface area contributed by atoms with E-state index in [1.165, 1.54) is 6.92 Å². The van der Waals surface area contributed by atoms with Gasteiger partial charge in [-0.3, -0.25) is 4.79 Å². The molecular formula is C8H7F3N2O. The lowest BCUT2D eigenvalue weighted by atomic mass is 10.2. The van der Waals surface area contributed by atoms with E-state index in [0.717, 1.165) is 0 Å². The number of halogens is 3. The molecule has 2 N–H and O–H groups in total. The van der Waals surface area contributed by atoms with Gasteiger partial charge in [-0.05, 0) is 13.0 Å². The Morgan fingerprint density at radius 2 is 2.14 bits per heavy atom. The Morgan fingerprint density at radius 3 is 2.57 bits per heavy atom. The fraction of sp³-hybridized carbons (Fsp3) is 0.250. The maximum absolute atomic E-state index is 13.0. The first-order valence-electron chi connectivity index (χ1n) is 3.68. The standard InChI is InChI=1S/C8H7F3N2O/c1-3-6(9)4(7(10)11)2-5(13-3)8(12)14/h2,7H,1H3,(H2,12,14). The Balaban J connectivity index is 3.35. The Labute approximate surface area is 77.7 Å². The molecule has 0 aromatic carbocycles. The van der Waals surface area contributed by atoms with Crippen LogP contribution in [0, 0.1) is 12.7 Å². The number of amides is 1. The fourth-order valence-corrected chi connectivity index (χ4v) is 0.967. The van der Waals surface area contributed by atoms with Crippen LogP contribution in [0.15, 0.2) is 6.07 Å². The molecule has 0 aliphatic rings. The van der Waals surface area contributed by atoms with Gasteiger partial charge in [0.05, 0.1) is 11.3 Å². The molecule has 0 atom stereocenters. The number of rotatable bonds is 2. The number of nitrogens with two attached hydrogens (primary N) is 1. The number of hydrogen-bond acceptors (Lipinski definition) is 2. The van der Waals surface area contributed by atoms with Crippen LogP contribution < -0.4 is 5.73 Å². The summed E-state index contributed by atoms with van der Waals surface area (Å²) >= 11 is 0. The molecular weight excluding hydrogens is 197 g/mol. The maximum Gasteiger partial charge on any atom is 0.267 e. The number of aromatic nitrogens is 1. The van der Waals surface area contributed by atoms with Gasteiger partial charge < -0.3 is 5.73 Å². The molecule has 0 saturated heterocycles. The number of primary amides is 1. The highest BCUT2D eigenvalue weighted by Gasteiger charge is 2.18. The lowest BCUT2D eigenvalue weighted by molar-refractivity contribution is 0.0994. The zero-order valence-electron chi connectivity index (χ0n) is 7.22. The number of hydrogen-bond donors (Lipinski definition) is 1. The van der Waals surface area contributed by atoms with Crippen molar-refractivity contribution in [2.24, 2.45) is 5.73 Å². The molecule has 0 aliphatic heterocycles. The topological polar surface area (TPSA) is 56.0 Å². The first-order valence-corrected chi connectivity index (χ1v) is 3.68. The van der Waals surface area contributed by atoms with Gasteiger partial charge in [0.2, 0.25) is 0 Å². The molecule has 1 aromatic rings. The molecule has 76 valence electrons. The summed E-state index contributed by atoms with van der Waals surface area (Å²) in [6.45, 7) is 1.19. The average Bonchev–Trinajstić information content (AvgIpc) is 2.08. The first-order chi connectivity index (χ1) is 6.43. The van der Waals surface area contributed by atoms with Crippen molar-refractivity contribution in [3.8, 4) is 0 Å². The summed E-state index contributed by atoms with van der Waals surface area (Å²) in [7, 11) is 0. The third kappa shape index (κ3) is 1.84. The predicted octanol–water partition coefficient (Wildman–Crippen LogP) is 1.57. The molecule has 0 saturated carbocycles. The molecule has 6 heteroatoms. The molecule has 0 aliphatic carbocycles. The van der Waals surface area contributed by atoms with E-state index in [1.807, 2.05) is 0 Å². The lowest BCUT2D eigenvalue weighted by Gasteiger charge is -2.05. The van der Waals surface area contributed by atoms with E-state index in [-0.39, 0.29) is 11.4 Å². The molecule has 3 nitrogen and oxygen atoms in total. The van der Waals surface area contributed by atoms with Crippen LogP contribution in [-0.4, -0.2) is 10.9 Å². The summed E-state index contributed by atoms with van der Waals surface area (Å²) in [4.78, 5) is 14.1. The number of nitrogens with zero attached hydrogens (tertiary/aromatic N) is 1. The summed E-state index contributed by atoms with van der Waals surface area (Å²) in [5.41, 5.74) is 3.35. The molecule has 1 heterocycles. The minimum absolute atomic E-state index is 0.267. The Bertz CT molecular complexity index is 379. The van der Waals surface area contributed by atoms with E-state index in [0.29, 0.717) is 6.07 Å². The number of aryl methyl sites for hydroxylation is 1. The van der Waals surface area contributed by atoms with Crippen molar-refractivity contribution in [3.05, 3.63) is 28.8 Å². The smallest absolute Gasteiger partial charge is 0.267 e. The third-order valence-corrected chi connectivity index (χ3v) is 1.64. The second-order valence-electron chi connectivity index (χ2n) is 2.66. The first kappa shape index (κ1) is 10.5. The van der Waals surface area contributed by atoms with Crippen molar-refractivity contribution in [2.75, 3.05) is 0 Å². The number of pyridine rings is 1.